The van der Waals surface area contributed by atoms with Gasteiger partial charge in [-0.05, 0) is 19.8 Å². The summed E-state index contributed by atoms with van der Waals surface area (Å²) in [6, 6.07) is 0. The molecule has 0 amide bonds. The van der Waals surface area contributed by atoms with Crippen molar-refractivity contribution in [1.29, 1.82) is 0 Å². The van der Waals surface area contributed by atoms with Gasteiger partial charge in [0.25, 0.3) is 0 Å². The number of rotatable bonds is 2. The zero-order valence-corrected chi connectivity index (χ0v) is 9.27. The highest BCUT2D eigenvalue weighted by molar-refractivity contribution is 7.09. The fourth-order valence-electron chi connectivity index (χ4n) is 1.86. The predicted molar refractivity (Wildman–Crippen MR) is 57.5 cm³/mol. The van der Waals surface area contributed by atoms with E-state index in [0.29, 0.717) is 6.61 Å². The highest BCUT2D eigenvalue weighted by atomic mass is 32.1. The molecule has 1 aliphatic heterocycles. The standard InChI is InChI=1S/C10H16N2OS/c1-8-12-9(6-14-8)5-10(11)3-2-4-13-7-10/h6H,2-5,7,11H2,1H3. The van der Waals surface area contributed by atoms with Gasteiger partial charge in [-0.1, -0.05) is 0 Å². The van der Waals surface area contributed by atoms with Crippen LogP contribution in [-0.4, -0.2) is 23.7 Å². The second-order valence-corrected chi connectivity index (χ2v) is 5.12. The lowest BCUT2D eigenvalue weighted by Crippen LogP contribution is -2.49. The van der Waals surface area contributed by atoms with Gasteiger partial charge in [0.05, 0.1) is 17.3 Å². The molecule has 1 aromatic heterocycles. The Morgan fingerprint density at radius 3 is 3.14 bits per heavy atom. The van der Waals surface area contributed by atoms with Gasteiger partial charge in [-0.2, -0.15) is 0 Å². The molecular formula is C10H16N2OS. The molecule has 4 heteroatoms. The monoisotopic (exact) mass is 212 g/mol. The Kier molecular flexibility index (Phi) is 2.85. The van der Waals surface area contributed by atoms with Gasteiger partial charge in [0.1, 0.15) is 0 Å². The molecular weight excluding hydrogens is 196 g/mol. The summed E-state index contributed by atoms with van der Waals surface area (Å²) in [6.07, 6.45) is 2.96. The normalized spacial score (nSPS) is 27.9. The highest BCUT2D eigenvalue weighted by Crippen LogP contribution is 2.22. The minimum atomic E-state index is -0.182. The summed E-state index contributed by atoms with van der Waals surface area (Å²) in [6.45, 7) is 3.55. The number of aryl methyl sites for hydroxylation is 1. The molecule has 0 aliphatic carbocycles. The molecule has 1 fully saturated rings. The van der Waals surface area contributed by atoms with E-state index in [1.165, 1.54) is 0 Å². The number of nitrogens with two attached hydrogens (primary N) is 1. The van der Waals surface area contributed by atoms with Gasteiger partial charge in [0.15, 0.2) is 0 Å². The first kappa shape index (κ1) is 10.1. The highest BCUT2D eigenvalue weighted by Gasteiger charge is 2.29. The van der Waals surface area contributed by atoms with Crippen molar-refractivity contribution in [2.45, 2.75) is 31.7 Å². The van der Waals surface area contributed by atoms with E-state index < -0.39 is 0 Å². The van der Waals surface area contributed by atoms with Crippen molar-refractivity contribution in [3.63, 3.8) is 0 Å². The number of thiazole rings is 1. The van der Waals surface area contributed by atoms with Crippen LogP contribution in [0, 0.1) is 6.92 Å². The summed E-state index contributed by atoms with van der Waals surface area (Å²) in [5.74, 6) is 0. The Morgan fingerprint density at radius 1 is 1.71 bits per heavy atom. The molecule has 0 bridgehead atoms. The quantitative estimate of drug-likeness (QED) is 0.808. The molecule has 1 saturated heterocycles. The Balaban J connectivity index is 2.01. The fourth-order valence-corrected chi connectivity index (χ4v) is 2.48. The SMILES string of the molecule is Cc1nc(CC2(N)CCCOC2)cs1. The van der Waals surface area contributed by atoms with Crippen molar-refractivity contribution in [2.24, 2.45) is 5.73 Å². The van der Waals surface area contributed by atoms with Crippen molar-refractivity contribution in [1.82, 2.24) is 4.98 Å². The third-order valence-corrected chi connectivity index (χ3v) is 3.37. The van der Waals surface area contributed by atoms with Crippen molar-refractivity contribution < 1.29 is 4.74 Å². The van der Waals surface area contributed by atoms with Gasteiger partial charge in [0, 0.05) is 23.9 Å². The maximum Gasteiger partial charge on any atom is 0.0897 e. The first-order valence-electron chi connectivity index (χ1n) is 4.96. The lowest BCUT2D eigenvalue weighted by atomic mass is 9.89. The second kappa shape index (κ2) is 3.96. The van der Waals surface area contributed by atoms with E-state index in [2.05, 4.69) is 10.4 Å². The van der Waals surface area contributed by atoms with Crippen LogP contribution in [0.1, 0.15) is 23.5 Å². The molecule has 0 spiro atoms. The zero-order valence-electron chi connectivity index (χ0n) is 8.45. The lowest BCUT2D eigenvalue weighted by molar-refractivity contribution is 0.0379. The van der Waals surface area contributed by atoms with Gasteiger partial charge in [-0.25, -0.2) is 4.98 Å². The van der Waals surface area contributed by atoms with E-state index in [1.54, 1.807) is 11.3 Å². The number of hydrogen-bond donors (Lipinski definition) is 1. The minimum Gasteiger partial charge on any atom is -0.380 e. The maximum absolute atomic E-state index is 6.24. The van der Waals surface area contributed by atoms with Crippen LogP contribution in [0.5, 0.6) is 0 Å². The van der Waals surface area contributed by atoms with Crippen LogP contribution in [0.25, 0.3) is 0 Å². The molecule has 0 radical (unpaired) electrons. The van der Waals surface area contributed by atoms with E-state index >= 15 is 0 Å². The predicted octanol–water partition coefficient (Wildman–Crippen LogP) is 1.50. The van der Waals surface area contributed by atoms with Crippen molar-refractivity contribution >= 4 is 11.3 Å². The Morgan fingerprint density at radius 2 is 2.57 bits per heavy atom. The van der Waals surface area contributed by atoms with Gasteiger partial charge in [0.2, 0.25) is 0 Å². The number of ether oxygens (including phenoxy) is 1. The third kappa shape index (κ3) is 2.32. The average Bonchev–Trinajstić information content (AvgIpc) is 2.51. The number of hydrogen-bond acceptors (Lipinski definition) is 4. The van der Waals surface area contributed by atoms with Crippen LogP contribution < -0.4 is 5.73 Å². The minimum absolute atomic E-state index is 0.182. The molecule has 2 N–H and O–H groups in total. The van der Waals surface area contributed by atoms with Gasteiger partial charge < -0.3 is 10.5 Å². The number of aromatic nitrogens is 1. The van der Waals surface area contributed by atoms with E-state index in [9.17, 15) is 0 Å². The third-order valence-electron chi connectivity index (χ3n) is 2.55. The summed E-state index contributed by atoms with van der Waals surface area (Å²) in [7, 11) is 0. The van der Waals surface area contributed by atoms with Crippen molar-refractivity contribution in [3.05, 3.63) is 16.1 Å². The molecule has 1 atom stereocenters. The van der Waals surface area contributed by atoms with Crippen LogP contribution in [0.15, 0.2) is 5.38 Å². The van der Waals surface area contributed by atoms with Crippen molar-refractivity contribution in [3.8, 4) is 0 Å². The molecule has 0 saturated carbocycles. The molecule has 78 valence electrons. The van der Waals surface area contributed by atoms with Gasteiger partial charge in [-0.15, -0.1) is 11.3 Å². The summed E-state index contributed by atoms with van der Waals surface area (Å²) in [5, 5.41) is 3.21. The second-order valence-electron chi connectivity index (χ2n) is 4.05. The zero-order chi connectivity index (χ0) is 10.0. The van der Waals surface area contributed by atoms with Crippen LogP contribution in [0.4, 0.5) is 0 Å². The van der Waals surface area contributed by atoms with Crippen molar-refractivity contribution in [2.75, 3.05) is 13.2 Å². The van der Waals surface area contributed by atoms with Crippen LogP contribution in [0.2, 0.25) is 0 Å². The average molecular weight is 212 g/mol. The largest absolute Gasteiger partial charge is 0.380 e. The molecule has 2 rings (SSSR count). The van der Waals surface area contributed by atoms with Crippen LogP contribution in [0.3, 0.4) is 0 Å². The first-order chi connectivity index (χ1) is 6.68. The van der Waals surface area contributed by atoms with E-state index in [4.69, 9.17) is 10.5 Å². The molecule has 1 aliphatic rings. The Bertz CT molecular complexity index is 305. The summed E-state index contributed by atoms with van der Waals surface area (Å²) in [4.78, 5) is 4.43. The first-order valence-corrected chi connectivity index (χ1v) is 5.84. The molecule has 1 aromatic rings. The molecule has 0 aromatic carbocycles. The van der Waals surface area contributed by atoms with Crippen LogP contribution >= 0.6 is 11.3 Å². The summed E-state index contributed by atoms with van der Waals surface area (Å²) >= 11 is 1.68. The Labute approximate surface area is 88.3 Å². The summed E-state index contributed by atoms with van der Waals surface area (Å²) in [5.41, 5.74) is 7.17. The number of nitrogens with zero attached hydrogens (tertiary/aromatic N) is 1. The van der Waals surface area contributed by atoms with E-state index in [1.807, 2.05) is 6.92 Å². The lowest BCUT2D eigenvalue weighted by Gasteiger charge is -2.32. The maximum atomic E-state index is 6.24. The van der Waals surface area contributed by atoms with Gasteiger partial charge >= 0.3 is 0 Å². The molecule has 3 nitrogen and oxygen atoms in total. The molecule has 1 unspecified atom stereocenters. The van der Waals surface area contributed by atoms with Crippen LogP contribution in [-0.2, 0) is 11.2 Å². The van der Waals surface area contributed by atoms with E-state index in [0.717, 1.165) is 36.6 Å². The molecule has 14 heavy (non-hydrogen) atoms. The molecule has 2 heterocycles. The topological polar surface area (TPSA) is 48.1 Å². The fraction of sp³-hybridized carbons (Fsp3) is 0.700. The van der Waals surface area contributed by atoms with E-state index in [-0.39, 0.29) is 5.54 Å². The smallest absolute Gasteiger partial charge is 0.0897 e. The Hall–Kier alpha value is -0.450. The summed E-state index contributed by atoms with van der Waals surface area (Å²) < 4.78 is 5.41. The van der Waals surface area contributed by atoms with Gasteiger partial charge in [-0.3, -0.25) is 0 Å².